The molecule has 1 aromatic rings. The molecule has 0 aromatic carbocycles. The molecule has 1 atom stereocenters. The summed E-state index contributed by atoms with van der Waals surface area (Å²) in [6, 6.07) is 0.410. The molecule has 0 aliphatic carbocycles. The zero-order chi connectivity index (χ0) is 14.3. The number of nitrogens with zero attached hydrogens (tertiary/aromatic N) is 2. The molecule has 108 valence electrons. The summed E-state index contributed by atoms with van der Waals surface area (Å²) in [5.74, 6) is 3.89. The molecule has 4 nitrogen and oxygen atoms in total. The van der Waals surface area contributed by atoms with Gasteiger partial charge in [0.25, 0.3) is 0 Å². The summed E-state index contributed by atoms with van der Waals surface area (Å²) in [4.78, 5) is 9.19. The number of anilines is 2. The second-order valence-corrected chi connectivity index (χ2v) is 5.65. The van der Waals surface area contributed by atoms with Crippen molar-refractivity contribution in [2.75, 3.05) is 29.2 Å². The summed E-state index contributed by atoms with van der Waals surface area (Å²) in [7, 11) is 0. The zero-order valence-electron chi connectivity index (χ0n) is 12.7. The van der Waals surface area contributed by atoms with Crippen LogP contribution in [0.1, 0.15) is 38.6 Å². The third-order valence-corrected chi connectivity index (χ3v) is 3.68. The molecule has 0 aliphatic rings. The zero-order valence-corrected chi connectivity index (χ0v) is 13.5. The quantitative estimate of drug-likeness (QED) is 0.766. The summed E-state index contributed by atoms with van der Waals surface area (Å²) in [6.07, 6.45) is 4.07. The lowest BCUT2D eigenvalue weighted by Crippen LogP contribution is -2.21. The Bertz CT molecular complexity index is 395. The number of hydrogen-bond donors (Lipinski definition) is 2. The topological polar surface area (TPSA) is 49.8 Å². The van der Waals surface area contributed by atoms with Crippen LogP contribution in [-0.4, -0.2) is 34.6 Å². The Morgan fingerprint density at radius 1 is 1.21 bits per heavy atom. The van der Waals surface area contributed by atoms with Gasteiger partial charge in [-0.25, -0.2) is 9.97 Å². The molecule has 5 heteroatoms. The molecular formula is C14H26N4S. The predicted octanol–water partition coefficient (Wildman–Crippen LogP) is 3.33. The van der Waals surface area contributed by atoms with Crippen LogP contribution < -0.4 is 10.6 Å². The van der Waals surface area contributed by atoms with Gasteiger partial charge in [0.15, 0.2) is 0 Å². The minimum Gasteiger partial charge on any atom is -0.370 e. The van der Waals surface area contributed by atoms with E-state index < -0.39 is 0 Å². The SMILES string of the molecule is CCCNc1nc(CC)nc(NC(C)CSC)c1C. The number of rotatable bonds is 8. The van der Waals surface area contributed by atoms with Crippen LogP contribution in [0, 0.1) is 6.92 Å². The van der Waals surface area contributed by atoms with E-state index in [0.717, 1.165) is 48.2 Å². The number of hydrogen-bond acceptors (Lipinski definition) is 5. The normalized spacial score (nSPS) is 12.3. The lowest BCUT2D eigenvalue weighted by atomic mass is 10.2. The van der Waals surface area contributed by atoms with E-state index in [1.54, 1.807) is 0 Å². The molecular weight excluding hydrogens is 256 g/mol. The number of thioether (sulfide) groups is 1. The van der Waals surface area contributed by atoms with E-state index in [0.29, 0.717) is 6.04 Å². The average molecular weight is 282 g/mol. The third kappa shape index (κ3) is 4.90. The van der Waals surface area contributed by atoms with Crippen molar-refractivity contribution >= 4 is 23.4 Å². The van der Waals surface area contributed by atoms with Crippen LogP contribution in [0.15, 0.2) is 0 Å². The molecule has 0 bridgehead atoms. The first kappa shape index (κ1) is 16.1. The van der Waals surface area contributed by atoms with E-state index in [1.807, 2.05) is 11.8 Å². The van der Waals surface area contributed by atoms with Crippen LogP contribution in [0.5, 0.6) is 0 Å². The Morgan fingerprint density at radius 3 is 2.47 bits per heavy atom. The van der Waals surface area contributed by atoms with Gasteiger partial charge in [0.2, 0.25) is 0 Å². The molecule has 0 radical (unpaired) electrons. The molecule has 1 heterocycles. The standard InChI is InChI=1S/C14H26N4S/c1-6-8-15-13-11(4)14(16-10(3)9-19-5)18-12(7-2)17-13/h10H,6-9H2,1-5H3,(H2,15,16,17,18). The summed E-state index contributed by atoms with van der Waals surface area (Å²) in [5.41, 5.74) is 1.11. The van der Waals surface area contributed by atoms with E-state index >= 15 is 0 Å². The molecule has 0 fully saturated rings. The Hall–Kier alpha value is -0.970. The summed E-state index contributed by atoms with van der Waals surface area (Å²) in [5, 5.41) is 6.88. The molecule has 1 aromatic heterocycles. The van der Waals surface area contributed by atoms with Crippen molar-refractivity contribution in [3.63, 3.8) is 0 Å². The van der Waals surface area contributed by atoms with Gasteiger partial charge in [-0.05, 0) is 26.5 Å². The molecule has 2 N–H and O–H groups in total. The van der Waals surface area contributed by atoms with Gasteiger partial charge in [0.1, 0.15) is 17.5 Å². The largest absolute Gasteiger partial charge is 0.370 e. The lowest BCUT2D eigenvalue weighted by Gasteiger charge is -2.18. The first-order valence-corrected chi connectivity index (χ1v) is 8.38. The minimum atomic E-state index is 0.410. The van der Waals surface area contributed by atoms with Crippen molar-refractivity contribution < 1.29 is 0 Å². The predicted molar refractivity (Wildman–Crippen MR) is 86.4 cm³/mol. The third-order valence-electron chi connectivity index (χ3n) is 2.85. The van der Waals surface area contributed by atoms with Gasteiger partial charge in [-0.3, -0.25) is 0 Å². The lowest BCUT2D eigenvalue weighted by molar-refractivity contribution is 0.866. The van der Waals surface area contributed by atoms with Crippen LogP contribution in [0.3, 0.4) is 0 Å². The fourth-order valence-electron chi connectivity index (χ4n) is 1.80. The van der Waals surface area contributed by atoms with Gasteiger partial charge in [-0.2, -0.15) is 11.8 Å². The maximum Gasteiger partial charge on any atom is 0.135 e. The summed E-state index contributed by atoms with van der Waals surface area (Å²) in [6.45, 7) is 9.45. The van der Waals surface area contributed by atoms with Crippen LogP contribution in [0.2, 0.25) is 0 Å². The van der Waals surface area contributed by atoms with Gasteiger partial charge >= 0.3 is 0 Å². The van der Waals surface area contributed by atoms with E-state index in [9.17, 15) is 0 Å². The van der Waals surface area contributed by atoms with Gasteiger partial charge in [-0.1, -0.05) is 13.8 Å². The highest BCUT2D eigenvalue weighted by molar-refractivity contribution is 7.98. The number of aryl methyl sites for hydroxylation is 1. The Morgan fingerprint density at radius 2 is 1.89 bits per heavy atom. The molecule has 1 unspecified atom stereocenters. The Kier molecular flexibility index (Phi) is 6.99. The maximum atomic E-state index is 4.61. The molecule has 0 saturated carbocycles. The van der Waals surface area contributed by atoms with Gasteiger partial charge in [0, 0.05) is 30.3 Å². The molecule has 19 heavy (non-hydrogen) atoms. The second kappa shape index (κ2) is 8.25. The van der Waals surface area contributed by atoms with Crippen LogP contribution in [0.4, 0.5) is 11.6 Å². The fourth-order valence-corrected chi connectivity index (χ4v) is 2.39. The Labute approximate surface area is 121 Å². The van der Waals surface area contributed by atoms with E-state index in [-0.39, 0.29) is 0 Å². The minimum absolute atomic E-state index is 0.410. The molecule has 1 rings (SSSR count). The number of nitrogens with one attached hydrogen (secondary N) is 2. The van der Waals surface area contributed by atoms with Crippen LogP contribution in [-0.2, 0) is 6.42 Å². The highest BCUT2D eigenvalue weighted by Crippen LogP contribution is 2.21. The highest BCUT2D eigenvalue weighted by Gasteiger charge is 2.11. The van der Waals surface area contributed by atoms with Crippen molar-refractivity contribution in [1.29, 1.82) is 0 Å². The molecule has 0 saturated heterocycles. The van der Waals surface area contributed by atoms with Crippen molar-refractivity contribution in [3.05, 3.63) is 11.4 Å². The van der Waals surface area contributed by atoms with Gasteiger partial charge in [-0.15, -0.1) is 0 Å². The molecule has 0 aliphatic heterocycles. The second-order valence-electron chi connectivity index (χ2n) is 4.74. The van der Waals surface area contributed by atoms with Gasteiger partial charge < -0.3 is 10.6 Å². The average Bonchev–Trinajstić information content (AvgIpc) is 2.40. The van der Waals surface area contributed by atoms with Crippen molar-refractivity contribution in [1.82, 2.24) is 9.97 Å². The van der Waals surface area contributed by atoms with Gasteiger partial charge in [0.05, 0.1) is 0 Å². The fraction of sp³-hybridized carbons (Fsp3) is 0.714. The monoisotopic (exact) mass is 282 g/mol. The van der Waals surface area contributed by atoms with Crippen LogP contribution in [0.25, 0.3) is 0 Å². The summed E-state index contributed by atoms with van der Waals surface area (Å²) >= 11 is 1.84. The van der Waals surface area contributed by atoms with E-state index in [4.69, 9.17) is 0 Å². The van der Waals surface area contributed by atoms with Crippen molar-refractivity contribution in [2.24, 2.45) is 0 Å². The Balaban J connectivity index is 2.94. The van der Waals surface area contributed by atoms with E-state index in [1.165, 1.54) is 0 Å². The van der Waals surface area contributed by atoms with Crippen molar-refractivity contribution in [3.8, 4) is 0 Å². The smallest absolute Gasteiger partial charge is 0.135 e. The highest BCUT2D eigenvalue weighted by atomic mass is 32.2. The first-order chi connectivity index (χ1) is 9.12. The maximum absolute atomic E-state index is 4.61. The summed E-state index contributed by atoms with van der Waals surface area (Å²) < 4.78 is 0. The van der Waals surface area contributed by atoms with E-state index in [2.05, 4.69) is 54.6 Å². The molecule has 0 amide bonds. The van der Waals surface area contributed by atoms with Crippen molar-refractivity contribution in [2.45, 2.75) is 46.6 Å². The van der Waals surface area contributed by atoms with Crippen LogP contribution >= 0.6 is 11.8 Å². The number of aromatic nitrogens is 2. The molecule has 0 spiro atoms. The first-order valence-electron chi connectivity index (χ1n) is 6.99.